The van der Waals surface area contributed by atoms with Crippen LogP contribution in [0.15, 0.2) is 18.2 Å². The Kier molecular flexibility index (Phi) is 3.79. The van der Waals surface area contributed by atoms with Crippen LogP contribution in [0.3, 0.4) is 0 Å². The van der Waals surface area contributed by atoms with Crippen LogP contribution < -0.4 is 15.2 Å². The summed E-state index contributed by atoms with van der Waals surface area (Å²) in [6.45, 7) is 0.667. The first-order chi connectivity index (χ1) is 10.1. The zero-order chi connectivity index (χ0) is 14.8. The predicted octanol–water partition coefficient (Wildman–Crippen LogP) is 0.824. The summed E-state index contributed by atoms with van der Waals surface area (Å²) in [6, 6.07) is 5.52. The molecule has 0 bridgehead atoms. The summed E-state index contributed by atoms with van der Waals surface area (Å²) in [5, 5.41) is 0. The molecule has 6 heteroatoms. The number of likely N-dealkylation sites (tertiary alicyclic amines) is 1. The fourth-order valence-corrected chi connectivity index (χ4v) is 2.60. The summed E-state index contributed by atoms with van der Waals surface area (Å²) in [4.78, 5) is 25.3. The van der Waals surface area contributed by atoms with Gasteiger partial charge < -0.3 is 15.2 Å². The first kappa shape index (κ1) is 13.9. The summed E-state index contributed by atoms with van der Waals surface area (Å²) < 4.78 is 10.5. The standard InChI is InChI=1S/C15H18N2O4/c16-11-5-6-17(15(19)8-11)14(18)4-2-10-1-3-12-13(7-10)21-9-20-12/h1,3,7,11H,2,4-6,8-9,16H2. The average molecular weight is 290 g/mol. The van der Waals surface area contributed by atoms with Gasteiger partial charge in [-0.15, -0.1) is 0 Å². The number of benzene rings is 1. The van der Waals surface area contributed by atoms with Gasteiger partial charge in [0.2, 0.25) is 18.6 Å². The van der Waals surface area contributed by atoms with Crippen molar-refractivity contribution in [2.45, 2.75) is 31.7 Å². The zero-order valence-electron chi connectivity index (χ0n) is 11.7. The normalized spacial score (nSPS) is 20.7. The molecule has 1 unspecified atom stereocenters. The summed E-state index contributed by atoms with van der Waals surface area (Å²) >= 11 is 0. The van der Waals surface area contributed by atoms with Gasteiger partial charge in [-0.3, -0.25) is 14.5 Å². The smallest absolute Gasteiger partial charge is 0.231 e. The minimum atomic E-state index is -0.163. The Labute approximate surface area is 122 Å². The number of ether oxygens (including phenoxy) is 2. The van der Waals surface area contributed by atoms with E-state index in [1.54, 1.807) is 0 Å². The molecule has 112 valence electrons. The van der Waals surface area contributed by atoms with Gasteiger partial charge in [0.1, 0.15) is 0 Å². The minimum absolute atomic E-state index is 0.115. The van der Waals surface area contributed by atoms with Gasteiger partial charge in [-0.25, -0.2) is 0 Å². The predicted molar refractivity (Wildman–Crippen MR) is 74.8 cm³/mol. The Balaban J connectivity index is 1.57. The van der Waals surface area contributed by atoms with Crippen molar-refractivity contribution in [1.82, 2.24) is 4.90 Å². The second-order valence-electron chi connectivity index (χ2n) is 5.38. The zero-order valence-corrected chi connectivity index (χ0v) is 11.7. The fraction of sp³-hybridized carbons (Fsp3) is 0.467. The van der Waals surface area contributed by atoms with E-state index in [4.69, 9.17) is 15.2 Å². The van der Waals surface area contributed by atoms with Crippen LogP contribution in [0.2, 0.25) is 0 Å². The highest BCUT2D eigenvalue weighted by molar-refractivity contribution is 5.96. The second kappa shape index (κ2) is 5.73. The second-order valence-corrected chi connectivity index (χ2v) is 5.38. The van der Waals surface area contributed by atoms with Gasteiger partial charge in [0, 0.05) is 25.4 Å². The molecular formula is C15H18N2O4. The summed E-state index contributed by atoms with van der Waals surface area (Å²) in [7, 11) is 0. The lowest BCUT2D eigenvalue weighted by Gasteiger charge is -2.28. The van der Waals surface area contributed by atoms with Gasteiger partial charge in [-0.05, 0) is 30.5 Å². The van der Waals surface area contributed by atoms with Crippen LogP contribution in [0.4, 0.5) is 0 Å². The number of hydrogen-bond acceptors (Lipinski definition) is 5. The van der Waals surface area contributed by atoms with E-state index in [1.165, 1.54) is 4.90 Å². The quantitative estimate of drug-likeness (QED) is 0.891. The molecule has 1 fully saturated rings. The van der Waals surface area contributed by atoms with Crippen molar-refractivity contribution in [3.8, 4) is 11.5 Å². The number of rotatable bonds is 3. The number of piperidine rings is 1. The molecule has 0 aromatic heterocycles. The molecule has 21 heavy (non-hydrogen) atoms. The summed E-state index contributed by atoms with van der Waals surface area (Å²) in [5.41, 5.74) is 6.71. The molecule has 0 saturated carbocycles. The third-order valence-electron chi connectivity index (χ3n) is 3.83. The maximum Gasteiger partial charge on any atom is 0.231 e. The molecule has 2 heterocycles. The molecule has 1 aromatic rings. The van der Waals surface area contributed by atoms with Crippen molar-refractivity contribution >= 4 is 11.8 Å². The number of hydrogen-bond donors (Lipinski definition) is 1. The summed E-state index contributed by atoms with van der Waals surface area (Å²) in [5.74, 6) is 1.14. The van der Waals surface area contributed by atoms with Gasteiger partial charge >= 0.3 is 0 Å². The third-order valence-corrected chi connectivity index (χ3v) is 3.83. The molecule has 2 amide bonds. The van der Waals surface area contributed by atoms with Gasteiger partial charge in [-0.2, -0.15) is 0 Å². The van der Waals surface area contributed by atoms with Gasteiger partial charge in [0.05, 0.1) is 0 Å². The van der Waals surface area contributed by atoms with E-state index in [1.807, 2.05) is 18.2 Å². The van der Waals surface area contributed by atoms with Crippen LogP contribution in [0, 0.1) is 0 Å². The van der Waals surface area contributed by atoms with Crippen LogP contribution in [-0.2, 0) is 16.0 Å². The lowest BCUT2D eigenvalue weighted by molar-refractivity contribution is -0.146. The van der Waals surface area contributed by atoms with E-state index in [2.05, 4.69) is 0 Å². The molecule has 1 atom stereocenters. The lowest BCUT2D eigenvalue weighted by atomic mass is 10.0. The molecule has 0 aliphatic carbocycles. The van der Waals surface area contributed by atoms with Crippen LogP contribution in [0.25, 0.3) is 0 Å². The van der Waals surface area contributed by atoms with Crippen molar-refractivity contribution in [1.29, 1.82) is 0 Å². The van der Waals surface area contributed by atoms with E-state index >= 15 is 0 Å². The molecule has 6 nitrogen and oxygen atoms in total. The van der Waals surface area contributed by atoms with E-state index in [-0.39, 0.29) is 31.1 Å². The number of carbonyl (C=O) groups is 2. The molecule has 2 N–H and O–H groups in total. The molecule has 2 aliphatic heterocycles. The van der Waals surface area contributed by atoms with Crippen LogP contribution >= 0.6 is 0 Å². The van der Waals surface area contributed by atoms with Crippen molar-refractivity contribution in [3.63, 3.8) is 0 Å². The molecule has 1 saturated heterocycles. The average Bonchev–Trinajstić information content (AvgIpc) is 2.92. The number of nitrogens with zero attached hydrogens (tertiary/aromatic N) is 1. The Morgan fingerprint density at radius 2 is 2.14 bits per heavy atom. The molecule has 2 aliphatic rings. The number of fused-ring (bicyclic) bond motifs is 1. The van der Waals surface area contributed by atoms with E-state index in [9.17, 15) is 9.59 Å². The molecule has 3 rings (SSSR count). The Morgan fingerprint density at radius 3 is 2.95 bits per heavy atom. The first-order valence-corrected chi connectivity index (χ1v) is 7.11. The highest BCUT2D eigenvalue weighted by Crippen LogP contribution is 2.32. The largest absolute Gasteiger partial charge is 0.454 e. The topological polar surface area (TPSA) is 81.9 Å². The van der Waals surface area contributed by atoms with Crippen molar-refractivity contribution in [2.75, 3.05) is 13.3 Å². The van der Waals surface area contributed by atoms with Crippen LogP contribution in [-0.4, -0.2) is 36.1 Å². The highest BCUT2D eigenvalue weighted by atomic mass is 16.7. The molecular weight excluding hydrogens is 272 g/mol. The van der Waals surface area contributed by atoms with E-state index < -0.39 is 0 Å². The van der Waals surface area contributed by atoms with Gasteiger partial charge in [-0.1, -0.05) is 6.07 Å². The number of carbonyl (C=O) groups excluding carboxylic acids is 2. The number of nitrogens with two attached hydrogens (primary N) is 1. The first-order valence-electron chi connectivity index (χ1n) is 7.11. The van der Waals surface area contributed by atoms with E-state index in [0.717, 1.165) is 11.3 Å². The maximum atomic E-state index is 12.1. The third kappa shape index (κ3) is 3.00. The van der Waals surface area contributed by atoms with Crippen molar-refractivity contribution < 1.29 is 19.1 Å². The minimum Gasteiger partial charge on any atom is -0.454 e. The Hall–Kier alpha value is -2.08. The number of amides is 2. The van der Waals surface area contributed by atoms with Crippen LogP contribution in [0.5, 0.6) is 11.5 Å². The van der Waals surface area contributed by atoms with Crippen molar-refractivity contribution in [2.24, 2.45) is 5.73 Å². The summed E-state index contributed by atoms with van der Waals surface area (Å²) in [6.07, 6.45) is 1.82. The monoisotopic (exact) mass is 290 g/mol. The molecule has 0 radical (unpaired) electrons. The Morgan fingerprint density at radius 1 is 1.33 bits per heavy atom. The lowest BCUT2D eigenvalue weighted by Crippen LogP contribution is -2.46. The fourth-order valence-electron chi connectivity index (χ4n) is 2.60. The van der Waals surface area contributed by atoms with Gasteiger partial charge in [0.15, 0.2) is 11.5 Å². The Bertz CT molecular complexity index is 573. The molecule has 1 aromatic carbocycles. The maximum absolute atomic E-state index is 12.1. The SMILES string of the molecule is NC1CCN(C(=O)CCc2ccc3c(c2)OCO3)C(=O)C1. The molecule has 0 spiro atoms. The van der Waals surface area contributed by atoms with E-state index in [0.29, 0.717) is 31.6 Å². The van der Waals surface area contributed by atoms with Crippen molar-refractivity contribution in [3.05, 3.63) is 23.8 Å². The highest BCUT2D eigenvalue weighted by Gasteiger charge is 2.27. The number of imide groups is 1. The number of aryl methyl sites for hydroxylation is 1. The van der Waals surface area contributed by atoms with Crippen LogP contribution in [0.1, 0.15) is 24.8 Å². The van der Waals surface area contributed by atoms with Gasteiger partial charge in [0.25, 0.3) is 0 Å².